The molecule has 1 aromatic carbocycles. The number of nitrogens with two attached hydrogens (primary N) is 1. The summed E-state index contributed by atoms with van der Waals surface area (Å²) in [5.74, 6) is -0.884. The highest BCUT2D eigenvalue weighted by Gasteiger charge is 2.09. The number of hydrogen-bond donors (Lipinski definition) is 3. The van der Waals surface area contributed by atoms with Crippen molar-refractivity contribution in [2.45, 2.75) is 6.92 Å². The Balaban J connectivity index is 2.78. The number of aromatic hydroxyl groups is 1. The van der Waals surface area contributed by atoms with Gasteiger partial charge in [-0.15, -0.1) is 0 Å². The van der Waals surface area contributed by atoms with Gasteiger partial charge in [-0.2, -0.15) is 0 Å². The van der Waals surface area contributed by atoms with Crippen molar-refractivity contribution in [1.82, 2.24) is 5.32 Å². The summed E-state index contributed by atoms with van der Waals surface area (Å²) in [7, 11) is 0. The van der Waals surface area contributed by atoms with E-state index in [-0.39, 0.29) is 18.2 Å². The predicted octanol–water partition coefficient (Wildman–Crippen LogP) is -0.0843. The van der Waals surface area contributed by atoms with Crippen LogP contribution < -0.4 is 11.1 Å². The van der Waals surface area contributed by atoms with Gasteiger partial charge in [-0.3, -0.25) is 9.59 Å². The molecular formula is C10H12N2O3. The lowest BCUT2D eigenvalue weighted by molar-refractivity contribution is -0.117. The Morgan fingerprint density at radius 2 is 2.13 bits per heavy atom. The lowest BCUT2D eigenvalue weighted by atomic mass is 10.1. The van der Waals surface area contributed by atoms with Gasteiger partial charge in [-0.25, -0.2) is 0 Å². The molecule has 0 unspecified atom stereocenters. The van der Waals surface area contributed by atoms with Crippen LogP contribution in [0.5, 0.6) is 5.75 Å². The molecule has 4 N–H and O–H groups in total. The van der Waals surface area contributed by atoms with Gasteiger partial charge in [-0.05, 0) is 30.7 Å². The number of phenols is 1. The molecule has 80 valence electrons. The van der Waals surface area contributed by atoms with E-state index < -0.39 is 5.91 Å². The molecule has 0 saturated heterocycles. The number of amides is 2. The molecule has 1 rings (SSSR count). The van der Waals surface area contributed by atoms with Gasteiger partial charge in [0.05, 0.1) is 6.54 Å². The van der Waals surface area contributed by atoms with Crippen LogP contribution in [0.15, 0.2) is 18.2 Å². The normalized spacial score (nSPS) is 9.67. The number of carbonyl (C=O) groups excluding carboxylic acids is 2. The smallest absolute Gasteiger partial charge is 0.251 e. The third kappa shape index (κ3) is 2.98. The van der Waals surface area contributed by atoms with Crippen molar-refractivity contribution < 1.29 is 14.7 Å². The summed E-state index contributed by atoms with van der Waals surface area (Å²) in [5.41, 5.74) is 5.93. The first-order valence-corrected chi connectivity index (χ1v) is 4.37. The fraction of sp³-hybridized carbons (Fsp3) is 0.200. The highest BCUT2D eigenvalue weighted by Crippen LogP contribution is 2.15. The molecule has 0 aliphatic rings. The summed E-state index contributed by atoms with van der Waals surface area (Å²) in [6.45, 7) is 1.50. The van der Waals surface area contributed by atoms with E-state index in [2.05, 4.69) is 5.32 Å². The molecule has 5 nitrogen and oxygen atoms in total. The van der Waals surface area contributed by atoms with Crippen molar-refractivity contribution in [2.75, 3.05) is 6.54 Å². The van der Waals surface area contributed by atoms with Crippen molar-refractivity contribution in [3.8, 4) is 5.75 Å². The third-order valence-corrected chi connectivity index (χ3v) is 1.88. The molecule has 0 saturated carbocycles. The van der Waals surface area contributed by atoms with Crippen LogP contribution in [0.25, 0.3) is 0 Å². The number of hydrogen-bond acceptors (Lipinski definition) is 3. The zero-order valence-electron chi connectivity index (χ0n) is 8.28. The molecule has 0 aliphatic heterocycles. The maximum absolute atomic E-state index is 11.5. The second-order valence-electron chi connectivity index (χ2n) is 3.15. The van der Waals surface area contributed by atoms with Crippen molar-refractivity contribution in [2.24, 2.45) is 5.73 Å². The van der Waals surface area contributed by atoms with Gasteiger partial charge < -0.3 is 16.2 Å². The average molecular weight is 208 g/mol. The van der Waals surface area contributed by atoms with Crippen molar-refractivity contribution >= 4 is 11.8 Å². The van der Waals surface area contributed by atoms with Crippen molar-refractivity contribution in [3.05, 3.63) is 29.3 Å². The monoisotopic (exact) mass is 208 g/mol. The van der Waals surface area contributed by atoms with Crippen LogP contribution in [0.1, 0.15) is 15.9 Å². The predicted molar refractivity (Wildman–Crippen MR) is 54.4 cm³/mol. The Bertz CT molecular complexity index is 402. The van der Waals surface area contributed by atoms with Crippen LogP contribution in [0.3, 0.4) is 0 Å². The number of aryl methyl sites for hydroxylation is 1. The van der Waals surface area contributed by atoms with E-state index in [1.165, 1.54) is 18.2 Å². The Hall–Kier alpha value is -2.04. The molecular weight excluding hydrogens is 196 g/mol. The van der Waals surface area contributed by atoms with E-state index in [9.17, 15) is 9.59 Å². The van der Waals surface area contributed by atoms with Gasteiger partial charge in [0.15, 0.2) is 0 Å². The van der Waals surface area contributed by atoms with E-state index in [0.717, 1.165) is 0 Å². The SMILES string of the molecule is Cc1cc(O)ccc1C(=O)NCC(N)=O. The molecule has 0 heterocycles. The van der Waals surface area contributed by atoms with E-state index in [4.69, 9.17) is 10.8 Å². The quantitative estimate of drug-likeness (QED) is 0.648. The summed E-state index contributed by atoms with van der Waals surface area (Å²) >= 11 is 0. The minimum atomic E-state index is -0.597. The number of carbonyl (C=O) groups is 2. The second kappa shape index (κ2) is 4.45. The third-order valence-electron chi connectivity index (χ3n) is 1.88. The molecule has 5 heteroatoms. The summed E-state index contributed by atoms with van der Waals surface area (Å²) in [6.07, 6.45) is 0. The van der Waals surface area contributed by atoms with E-state index >= 15 is 0 Å². The fourth-order valence-electron chi connectivity index (χ4n) is 1.17. The Morgan fingerprint density at radius 3 is 2.67 bits per heavy atom. The van der Waals surface area contributed by atoms with Gasteiger partial charge in [0.25, 0.3) is 5.91 Å². The lowest BCUT2D eigenvalue weighted by Crippen LogP contribution is -2.33. The number of benzene rings is 1. The van der Waals surface area contributed by atoms with Crippen LogP contribution in [-0.2, 0) is 4.79 Å². The Labute approximate surface area is 86.9 Å². The standard InChI is InChI=1S/C10H12N2O3/c1-6-4-7(13)2-3-8(6)10(15)12-5-9(11)14/h2-4,13H,5H2,1H3,(H2,11,14)(H,12,15). The zero-order valence-corrected chi connectivity index (χ0v) is 8.28. The average Bonchev–Trinajstić information content (AvgIpc) is 2.14. The maximum atomic E-state index is 11.5. The number of nitrogens with one attached hydrogen (secondary N) is 1. The summed E-state index contributed by atoms with van der Waals surface area (Å²) in [4.78, 5) is 21.9. The molecule has 0 fully saturated rings. The van der Waals surface area contributed by atoms with Crippen LogP contribution in [0.2, 0.25) is 0 Å². The van der Waals surface area contributed by atoms with Gasteiger partial charge in [-0.1, -0.05) is 0 Å². The van der Waals surface area contributed by atoms with E-state index in [1.807, 2.05) is 0 Å². The first kappa shape index (κ1) is 11.0. The highest BCUT2D eigenvalue weighted by atomic mass is 16.3. The van der Waals surface area contributed by atoms with E-state index in [0.29, 0.717) is 11.1 Å². The van der Waals surface area contributed by atoms with Gasteiger partial charge >= 0.3 is 0 Å². The minimum absolute atomic E-state index is 0.0963. The number of rotatable bonds is 3. The van der Waals surface area contributed by atoms with E-state index in [1.54, 1.807) is 6.92 Å². The second-order valence-corrected chi connectivity index (χ2v) is 3.15. The van der Waals surface area contributed by atoms with Crippen LogP contribution >= 0.6 is 0 Å². The van der Waals surface area contributed by atoms with Crippen LogP contribution in [0, 0.1) is 6.92 Å². The molecule has 1 aromatic rings. The summed E-state index contributed by atoms with van der Waals surface area (Å²) < 4.78 is 0. The van der Waals surface area contributed by atoms with Crippen molar-refractivity contribution in [1.29, 1.82) is 0 Å². The minimum Gasteiger partial charge on any atom is -0.508 e. The molecule has 0 aliphatic carbocycles. The van der Waals surface area contributed by atoms with Gasteiger partial charge in [0.2, 0.25) is 5.91 Å². The molecule has 0 spiro atoms. The molecule has 0 bridgehead atoms. The summed E-state index contributed by atoms with van der Waals surface area (Å²) in [5, 5.41) is 11.5. The Kier molecular flexibility index (Phi) is 3.28. The first-order valence-electron chi connectivity index (χ1n) is 4.37. The van der Waals surface area contributed by atoms with Crippen molar-refractivity contribution in [3.63, 3.8) is 0 Å². The zero-order chi connectivity index (χ0) is 11.4. The largest absolute Gasteiger partial charge is 0.508 e. The molecule has 0 radical (unpaired) electrons. The fourth-order valence-corrected chi connectivity index (χ4v) is 1.17. The molecule has 15 heavy (non-hydrogen) atoms. The maximum Gasteiger partial charge on any atom is 0.251 e. The lowest BCUT2D eigenvalue weighted by Gasteiger charge is -2.06. The molecule has 0 atom stereocenters. The van der Waals surface area contributed by atoms with Gasteiger partial charge in [0.1, 0.15) is 5.75 Å². The summed E-state index contributed by atoms with van der Waals surface area (Å²) in [6, 6.07) is 4.37. The topological polar surface area (TPSA) is 92.4 Å². The Morgan fingerprint density at radius 1 is 1.47 bits per heavy atom. The molecule has 0 aromatic heterocycles. The number of phenolic OH excluding ortho intramolecular Hbond substituents is 1. The van der Waals surface area contributed by atoms with Crippen LogP contribution in [-0.4, -0.2) is 23.5 Å². The molecule has 2 amide bonds. The highest BCUT2D eigenvalue weighted by molar-refractivity contribution is 5.97. The van der Waals surface area contributed by atoms with Crippen LogP contribution in [0.4, 0.5) is 0 Å². The van der Waals surface area contributed by atoms with Gasteiger partial charge in [0, 0.05) is 5.56 Å². The first-order chi connectivity index (χ1) is 7.00. The number of primary amides is 1.